The van der Waals surface area contributed by atoms with Gasteiger partial charge in [-0.15, -0.1) is 0 Å². The van der Waals surface area contributed by atoms with Crippen LogP contribution in [0.15, 0.2) is 58.1 Å². The van der Waals surface area contributed by atoms with Gasteiger partial charge in [-0.3, -0.25) is 4.99 Å². The number of aryl methyl sites for hydroxylation is 1. The molecule has 0 aliphatic heterocycles. The lowest BCUT2D eigenvalue weighted by Gasteiger charge is -2.13. The second-order valence-electron chi connectivity index (χ2n) is 6.02. The summed E-state index contributed by atoms with van der Waals surface area (Å²) in [5.74, 6) is 0. The van der Waals surface area contributed by atoms with Crippen LogP contribution in [0.2, 0.25) is 0 Å². The molecule has 3 heteroatoms. The van der Waals surface area contributed by atoms with Crippen molar-refractivity contribution >= 4 is 17.3 Å². The molecule has 1 aliphatic carbocycles. The van der Waals surface area contributed by atoms with Crippen molar-refractivity contribution < 1.29 is 0 Å². The third-order valence-electron chi connectivity index (χ3n) is 3.69. The molecule has 22 heavy (non-hydrogen) atoms. The first-order chi connectivity index (χ1) is 10.6. The highest BCUT2D eigenvalue weighted by atomic mass is 35.5. The maximum Gasteiger partial charge on any atom is 0.0585 e. The van der Waals surface area contributed by atoms with Gasteiger partial charge in [-0.25, -0.2) is 0 Å². The molecule has 2 nitrogen and oxygen atoms in total. The number of rotatable bonds is 7. The third kappa shape index (κ3) is 6.17. The van der Waals surface area contributed by atoms with Crippen LogP contribution < -0.4 is 0 Å². The molecular weight excluding hydrogens is 292 g/mol. The maximum absolute atomic E-state index is 6.28. The maximum atomic E-state index is 6.28. The molecule has 2 rings (SSSR count). The van der Waals surface area contributed by atoms with Gasteiger partial charge in [0.1, 0.15) is 0 Å². The van der Waals surface area contributed by atoms with Gasteiger partial charge in [0.2, 0.25) is 0 Å². The summed E-state index contributed by atoms with van der Waals surface area (Å²) in [6.45, 7) is 1.93. The van der Waals surface area contributed by atoms with Gasteiger partial charge < -0.3 is 4.90 Å². The number of halogens is 1. The molecule has 1 aromatic carbocycles. The van der Waals surface area contributed by atoms with Gasteiger partial charge in [-0.2, -0.15) is 0 Å². The van der Waals surface area contributed by atoms with Crippen molar-refractivity contribution in [3.8, 4) is 0 Å². The largest absolute Gasteiger partial charge is 0.309 e. The summed E-state index contributed by atoms with van der Waals surface area (Å²) in [5.41, 5.74) is 3.78. The summed E-state index contributed by atoms with van der Waals surface area (Å²) >= 11 is 6.28. The summed E-state index contributed by atoms with van der Waals surface area (Å²) in [5, 5.41) is 0.900. The molecule has 0 bridgehead atoms. The first-order valence-corrected chi connectivity index (χ1v) is 8.30. The van der Waals surface area contributed by atoms with Crippen molar-refractivity contribution in [2.75, 3.05) is 27.2 Å². The first-order valence-electron chi connectivity index (χ1n) is 7.92. The third-order valence-corrected chi connectivity index (χ3v) is 3.93. The second kappa shape index (κ2) is 8.92. The van der Waals surface area contributed by atoms with Crippen molar-refractivity contribution in [3.05, 3.63) is 58.7 Å². The molecule has 1 aliphatic rings. The van der Waals surface area contributed by atoms with E-state index in [1.54, 1.807) is 0 Å². The van der Waals surface area contributed by atoms with Crippen LogP contribution in [0.3, 0.4) is 0 Å². The Labute approximate surface area is 139 Å². The fourth-order valence-electron chi connectivity index (χ4n) is 2.53. The van der Waals surface area contributed by atoms with Gasteiger partial charge in [-0.1, -0.05) is 47.5 Å². The summed E-state index contributed by atoms with van der Waals surface area (Å²) in [6, 6.07) is 10.6. The van der Waals surface area contributed by atoms with Crippen LogP contribution in [0.25, 0.3) is 0 Å². The van der Waals surface area contributed by atoms with Crippen LogP contribution in [0, 0.1) is 0 Å². The molecule has 0 saturated carbocycles. The van der Waals surface area contributed by atoms with Crippen LogP contribution >= 0.6 is 11.6 Å². The van der Waals surface area contributed by atoms with Crippen LogP contribution in [-0.2, 0) is 6.42 Å². The average molecular weight is 317 g/mol. The molecule has 0 saturated heterocycles. The van der Waals surface area contributed by atoms with Gasteiger partial charge in [0.05, 0.1) is 5.71 Å². The van der Waals surface area contributed by atoms with Crippen molar-refractivity contribution in [2.24, 2.45) is 4.99 Å². The van der Waals surface area contributed by atoms with E-state index >= 15 is 0 Å². The molecule has 118 valence electrons. The average Bonchev–Trinajstić information content (AvgIpc) is 2.50. The van der Waals surface area contributed by atoms with Crippen LogP contribution in [-0.4, -0.2) is 37.8 Å². The van der Waals surface area contributed by atoms with E-state index in [1.165, 1.54) is 11.1 Å². The molecule has 0 radical (unpaired) electrons. The predicted molar refractivity (Wildman–Crippen MR) is 96.9 cm³/mol. The number of hydrogen-bond acceptors (Lipinski definition) is 2. The molecule has 0 aromatic heterocycles. The van der Waals surface area contributed by atoms with E-state index < -0.39 is 0 Å². The molecule has 0 fully saturated rings. The minimum Gasteiger partial charge on any atom is -0.309 e. The van der Waals surface area contributed by atoms with Crippen molar-refractivity contribution in [3.63, 3.8) is 0 Å². The Balaban J connectivity index is 1.89. The second-order valence-corrected chi connectivity index (χ2v) is 6.51. The normalized spacial score (nSPS) is 16.8. The van der Waals surface area contributed by atoms with E-state index in [0.29, 0.717) is 0 Å². The van der Waals surface area contributed by atoms with Gasteiger partial charge in [0.15, 0.2) is 0 Å². The van der Waals surface area contributed by atoms with Crippen molar-refractivity contribution in [1.29, 1.82) is 0 Å². The Morgan fingerprint density at radius 1 is 1.09 bits per heavy atom. The Morgan fingerprint density at radius 2 is 1.86 bits per heavy atom. The molecular formula is C19H25ClN2. The SMILES string of the molecule is CN(C)CCCN=C1C=C(Cl)CC(CCc2ccccc2)=C1. The number of benzene rings is 1. The molecule has 0 unspecified atom stereocenters. The molecule has 0 spiro atoms. The van der Waals surface area contributed by atoms with Gasteiger partial charge in [0.25, 0.3) is 0 Å². The Bertz CT molecular complexity index is 556. The predicted octanol–water partition coefficient (Wildman–Crippen LogP) is 4.46. The van der Waals surface area contributed by atoms with Gasteiger partial charge >= 0.3 is 0 Å². The number of aliphatic imine (C=N–C) groups is 1. The zero-order chi connectivity index (χ0) is 15.8. The Morgan fingerprint density at radius 3 is 2.59 bits per heavy atom. The van der Waals surface area contributed by atoms with E-state index in [1.807, 2.05) is 6.08 Å². The molecule has 0 N–H and O–H groups in total. The zero-order valence-corrected chi connectivity index (χ0v) is 14.3. The lowest BCUT2D eigenvalue weighted by atomic mass is 9.97. The highest BCUT2D eigenvalue weighted by Crippen LogP contribution is 2.24. The zero-order valence-electron chi connectivity index (χ0n) is 13.6. The summed E-state index contributed by atoms with van der Waals surface area (Å²) in [6.07, 6.45) is 8.27. The van der Waals surface area contributed by atoms with E-state index in [-0.39, 0.29) is 0 Å². The minimum absolute atomic E-state index is 0.858. The van der Waals surface area contributed by atoms with E-state index in [0.717, 1.165) is 49.5 Å². The highest BCUT2D eigenvalue weighted by Gasteiger charge is 2.09. The van der Waals surface area contributed by atoms with Gasteiger partial charge in [0, 0.05) is 18.0 Å². The minimum atomic E-state index is 0.858. The van der Waals surface area contributed by atoms with E-state index in [9.17, 15) is 0 Å². The smallest absolute Gasteiger partial charge is 0.0585 e. The Kier molecular flexibility index (Phi) is 6.88. The van der Waals surface area contributed by atoms with E-state index in [2.05, 4.69) is 60.4 Å². The van der Waals surface area contributed by atoms with Crippen LogP contribution in [0.5, 0.6) is 0 Å². The molecule has 0 atom stereocenters. The lowest BCUT2D eigenvalue weighted by molar-refractivity contribution is 0.403. The van der Waals surface area contributed by atoms with E-state index in [4.69, 9.17) is 11.6 Å². The summed E-state index contributed by atoms with van der Waals surface area (Å²) < 4.78 is 0. The highest BCUT2D eigenvalue weighted by molar-refractivity contribution is 6.32. The summed E-state index contributed by atoms with van der Waals surface area (Å²) in [4.78, 5) is 6.85. The van der Waals surface area contributed by atoms with Crippen LogP contribution in [0.4, 0.5) is 0 Å². The fraction of sp³-hybridized carbons (Fsp3) is 0.421. The molecule has 1 aromatic rings. The quantitative estimate of drug-likeness (QED) is 0.678. The topological polar surface area (TPSA) is 15.6 Å². The van der Waals surface area contributed by atoms with Crippen molar-refractivity contribution in [1.82, 2.24) is 4.90 Å². The lowest BCUT2D eigenvalue weighted by Crippen LogP contribution is -2.14. The number of hydrogen-bond donors (Lipinski definition) is 0. The van der Waals surface area contributed by atoms with Crippen LogP contribution in [0.1, 0.15) is 24.8 Å². The molecule has 0 amide bonds. The molecule has 0 heterocycles. The monoisotopic (exact) mass is 316 g/mol. The van der Waals surface area contributed by atoms with Gasteiger partial charge in [-0.05, 0) is 57.6 Å². The van der Waals surface area contributed by atoms with Crippen molar-refractivity contribution in [2.45, 2.75) is 25.7 Å². The Hall–Kier alpha value is -1.38. The summed E-state index contributed by atoms with van der Waals surface area (Å²) in [7, 11) is 4.18. The first kappa shape index (κ1) is 17.0. The number of allylic oxidation sites excluding steroid dienone is 4. The standard InChI is InChI=1S/C19H25ClN2/c1-22(2)12-6-11-21-19-14-17(13-18(20)15-19)10-9-16-7-4-3-5-8-16/h3-5,7-8,14-15H,6,9-13H2,1-2H3. The number of nitrogens with zero attached hydrogens (tertiary/aromatic N) is 2. The fourth-order valence-corrected chi connectivity index (χ4v) is 2.81.